The first-order chi connectivity index (χ1) is 10.8. The van der Waals surface area contributed by atoms with Gasteiger partial charge in [-0.3, -0.25) is 4.79 Å². The molecule has 0 aliphatic rings. The van der Waals surface area contributed by atoms with Gasteiger partial charge in [-0.25, -0.2) is 4.79 Å². The molecule has 0 radical (unpaired) electrons. The fourth-order valence-corrected chi connectivity index (χ4v) is 4.34. The van der Waals surface area contributed by atoms with E-state index in [1.54, 1.807) is 33.3 Å². The number of hydrogen-bond donors (Lipinski definition) is 2. The molecule has 0 saturated heterocycles. The smallest absolute Gasteiger partial charge is 0.407 e. The van der Waals surface area contributed by atoms with Gasteiger partial charge in [-0.2, -0.15) is 11.8 Å². The number of hydrogen-bond acceptors (Lipinski definition) is 6. The first-order valence-corrected chi connectivity index (χ1v) is 11.7. The van der Waals surface area contributed by atoms with Crippen molar-refractivity contribution in [2.45, 2.75) is 52.2 Å². The molecule has 0 fully saturated rings. The van der Waals surface area contributed by atoms with Gasteiger partial charge in [-0.05, 0) is 46.1 Å². The summed E-state index contributed by atoms with van der Waals surface area (Å²) in [6.45, 7) is 8.16. The number of amides is 2. The minimum atomic E-state index is -0.483. The highest BCUT2D eigenvalue weighted by molar-refractivity contribution is 8.76. The van der Waals surface area contributed by atoms with Crippen molar-refractivity contribution in [3.8, 4) is 0 Å². The molecule has 0 bridgehead atoms. The number of carbonyl (C=O) groups excluding carboxylic acids is 2. The number of carbonyl (C=O) groups is 2. The summed E-state index contributed by atoms with van der Waals surface area (Å²) in [6.07, 6.45) is 3.13. The van der Waals surface area contributed by atoms with Gasteiger partial charge < -0.3 is 15.4 Å². The number of thioether (sulfide) groups is 1. The Morgan fingerprint density at radius 1 is 1.17 bits per heavy atom. The van der Waals surface area contributed by atoms with Gasteiger partial charge in [-0.15, -0.1) is 0 Å². The lowest BCUT2D eigenvalue weighted by molar-refractivity contribution is -0.120. The molecular weight excluding hydrogens is 352 g/mol. The van der Waals surface area contributed by atoms with E-state index in [0.717, 1.165) is 23.7 Å². The van der Waals surface area contributed by atoms with E-state index in [0.29, 0.717) is 13.0 Å². The van der Waals surface area contributed by atoms with Crippen molar-refractivity contribution < 1.29 is 14.3 Å². The molecule has 8 heteroatoms. The topological polar surface area (TPSA) is 67.4 Å². The lowest BCUT2D eigenvalue weighted by Gasteiger charge is -2.23. The average Bonchev–Trinajstić information content (AvgIpc) is 2.42. The molecular formula is C15H30N2O3S3. The van der Waals surface area contributed by atoms with Crippen molar-refractivity contribution in [2.24, 2.45) is 0 Å². The van der Waals surface area contributed by atoms with Crippen LogP contribution in [0.15, 0.2) is 0 Å². The molecule has 0 saturated carbocycles. The van der Waals surface area contributed by atoms with Crippen LogP contribution in [0.5, 0.6) is 0 Å². The van der Waals surface area contributed by atoms with Crippen LogP contribution in [0.2, 0.25) is 0 Å². The maximum atomic E-state index is 11.9. The fraction of sp³-hybridized carbons (Fsp3) is 0.867. The van der Waals surface area contributed by atoms with Crippen LogP contribution in [-0.2, 0) is 9.53 Å². The molecule has 0 heterocycles. The Kier molecular flexibility index (Phi) is 13.0. The van der Waals surface area contributed by atoms with Gasteiger partial charge in [0.15, 0.2) is 0 Å². The first-order valence-electron chi connectivity index (χ1n) is 7.78. The summed E-state index contributed by atoms with van der Waals surface area (Å²) < 4.78 is 5.31. The lowest BCUT2D eigenvalue weighted by atomic mass is 10.2. The Hall–Kier alpha value is -0.210. The Balaban J connectivity index is 4.05. The maximum absolute atomic E-state index is 11.9. The molecule has 0 aliphatic heterocycles. The van der Waals surface area contributed by atoms with E-state index in [4.69, 9.17) is 4.74 Å². The van der Waals surface area contributed by atoms with Crippen LogP contribution in [0.4, 0.5) is 4.79 Å². The zero-order valence-corrected chi connectivity index (χ0v) is 17.2. The van der Waals surface area contributed by atoms with Crippen LogP contribution >= 0.6 is 33.3 Å². The third-order valence-electron chi connectivity index (χ3n) is 2.53. The molecule has 1 atom stereocenters. The maximum Gasteiger partial charge on any atom is 0.407 e. The molecule has 0 aromatic rings. The minimum Gasteiger partial charge on any atom is -0.444 e. The van der Waals surface area contributed by atoms with Crippen molar-refractivity contribution in [1.82, 2.24) is 10.6 Å². The van der Waals surface area contributed by atoms with E-state index in [-0.39, 0.29) is 18.0 Å². The molecule has 0 aromatic carbocycles. The van der Waals surface area contributed by atoms with E-state index >= 15 is 0 Å². The highest BCUT2D eigenvalue weighted by Gasteiger charge is 2.19. The summed E-state index contributed by atoms with van der Waals surface area (Å²) in [4.78, 5) is 23.2. The van der Waals surface area contributed by atoms with Crippen LogP contribution in [-0.4, -0.2) is 53.7 Å². The third-order valence-corrected chi connectivity index (χ3v) is 5.66. The highest BCUT2D eigenvalue weighted by atomic mass is 33.1. The second-order valence-electron chi connectivity index (χ2n) is 5.93. The molecule has 0 aromatic heterocycles. The van der Waals surface area contributed by atoms with Crippen LogP contribution in [0.25, 0.3) is 0 Å². The number of nitrogens with one attached hydrogen (secondary N) is 2. The fourth-order valence-electron chi connectivity index (χ4n) is 1.54. The normalized spacial score (nSPS) is 12.6. The van der Waals surface area contributed by atoms with Crippen LogP contribution in [0.1, 0.15) is 40.5 Å². The molecule has 23 heavy (non-hydrogen) atoms. The number of rotatable bonds is 11. The van der Waals surface area contributed by atoms with Gasteiger partial charge in [0.2, 0.25) is 5.91 Å². The van der Waals surface area contributed by atoms with Gasteiger partial charge >= 0.3 is 6.09 Å². The molecule has 0 rings (SSSR count). The molecule has 1 unspecified atom stereocenters. The summed E-state index contributed by atoms with van der Waals surface area (Å²) in [5.41, 5.74) is -0.483. The highest BCUT2D eigenvalue weighted by Crippen LogP contribution is 2.24. The lowest BCUT2D eigenvalue weighted by Crippen LogP contribution is -2.40. The predicted octanol–water partition coefficient (Wildman–Crippen LogP) is 3.54. The molecule has 136 valence electrons. The first kappa shape index (κ1) is 22.8. The molecule has 5 nitrogen and oxygen atoms in total. The molecule has 2 N–H and O–H groups in total. The van der Waals surface area contributed by atoms with E-state index in [2.05, 4.69) is 16.9 Å². The summed E-state index contributed by atoms with van der Waals surface area (Å²) >= 11 is 1.76. The van der Waals surface area contributed by atoms with Crippen LogP contribution in [0.3, 0.4) is 0 Å². The Labute approximate surface area is 152 Å². The summed E-state index contributed by atoms with van der Waals surface area (Å²) in [5, 5.41) is 5.72. The average molecular weight is 383 g/mol. The standard InChI is InChI=1S/C15H30N2O3S3/c1-6-16-13(18)8-10-22-23-11-12(7-9-21-5)17-14(19)20-15(2,3)4/h12H,6-11H2,1-5H3,(H,16,18)(H,17,19). The molecule has 2 amide bonds. The van der Waals surface area contributed by atoms with E-state index in [1.807, 2.05) is 27.7 Å². The van der Waals surface area contributed by atoms with Gasteiger partial charge in [0.05, 0.1) is 0 Å². The van der Waals surface area contributed by atoms with Crippen molar-refractivity contribution in [3.05, 3.63) is 0 Å². The van der Waals surface area contributed by atoms with Crippen molar-refractivity contribution in [1.29, 1.82) is 0 Å². The Morgan fingerprint density at radius 2 is 1.87 bits per heavy atom. The summed E-state index contributed by atoms with van der Waals surface area (Å²) in [6, 6.07) is 0.0827. The van der Waals surface area contributed by atoms with Crippen molar-refractivity contribution in [2.75, 3.05) is 30.1 Å². The van der Waals surface area contributed by atoms with E-state index < -0.39 is 5.60 Å². The third kappa shape index (κ3) is 15.1. The van der Waals surface area contributed by atoms with Crippen molar-refractivity contribution >= 4 is 45.4 Å². The molecule has 0 aliphatic carbocycles. The zero-order valence-electron chi connectivity index (χ0n) is 14.8. The van der Waals surface area contributed by atoms with Crippen LogP contribution < -0.4 is 10.6 Å². The van der Waals surface area contributed by atoms with E-state index in [9.17, 15) is 9.59 Å². The van der Waals surface area contributed by atoms with Gasteiger partial charge in [0, 0.05) is 30.5 Å². The SMILES string of the molecule is CCNC(=O)CCSSCC(CCSC)NC(=O)OC(C)(C)C. The Morgan fingerprint density at radius 3 is 2.43 bits per heavy atom. The summed E-state index contributed by atoms with van der Waals surface area (Å²) in [5.74, 6) is 2.66. The van der Waals surface area contributed by atoms with Gasteiger partial charge in [0.25, 0.3) is 0 Å². The number of alkyl carbamates (subject to hydrolysis) is 1. The number of ether oxygens (including phenoxy) is 1. The zero-order chi connectivity index (χ0) is 17.7. The molecule has 0 spiro atoms. The van der Waals surface area contributed by atoms with Crippen LogP contribution in [0, 0.1) is 0 Å². The second-order valence-corrected chi connectivity index (χ2v) is 9.55. The van der Waals surface area contributed by atoms with Crippen molar-refractivity contribution in [3.63, 3.8) is 0 Å². The van der Waals surface area contributed by atoms with Gasteiger partial charge in [0.1, 0.15) is 5.60 Å². The largest absolute Gasteiger partial charge is 0.444 e. The monoisotopic (exact) mass is 382 g/mol. The second kappa shape index (κ2) is 13.1. The predicted molar refractivity (Wildman–Crippen MR) is 104 cm³/mol. The van der Waals surface area contributed by atoms with E-state index in [1.165, 1.54) is 0 Å². The quantitative estimate of drug-likeness (QED) is 0.421. The summed E-state index contributed by atoms with van der Waals surface area (Å²) in [7, 11) is 3.36. The van der Waals surface area contributed by atoms with Gasteiger partial charge in [-0.1, -0.05) is 21.6 Å². The Bertz CT molecular complexity index is 349. The minimum absolute atomic E-state index is 0.0827.